The first-order valence-corrected chi connectivity index (χ1v) is 6.71. The van der Waals surface area contributed by atoms with Gasteiger partial charge in [0.2, 0.25) is 0 Å². The van der Waals surface area contributed by atoms with Crippen LogP contribution in [0.25, 0.3) is 10.9 Å². The van der Waals surface area contributed by atoms with Gasteiger partial charge in [0.1, 0.15) is 0 Å². The molecule has 1 aromatic carbocycles. The summed E-state index contributed by atoms with van der Waals surface area (Å²) in [4.78, 5) is 20.1. The number of nitrogens with zero attached hydrogens (tertiary/aromatic N) is 3. The van der Waals surface area contributed by atoms with E-state index in [1.807, 2.05) is 6.07 Å². The monoisotopic (exact) mass is 271 g/mol. The van der Waals surface area contributed by atoms with Crippen molar-refractivity contribution in [1.29, 1.82) is 0 Å². The number of pyridine rings is 1. The Bertz CT molecular complexity index is 649. The Morgan fingerprint density at radius 2 is 1.95 bits per heavy atom. The lowest BCUT2D eigenvalue weighted by atomic mass is 10.1. The smallest absolute Gasteiger partial charge is 0.335 e. The molecular weight excluding hydrogens is 254 g/mol. The van der Waals surface area contributed by atoms with Gasteiger partial charge in [-0.3, -0.25) is 4.98 Å². The van der Waals surface area contributed by atoms with E-state index in [1.165, 1.54) is 0 Å². The molecule has 1 N–H and O–H groups in total. The second-order valence-corrected chi connectivity index (χ2v) is 5.16. The minimum absolute atomic E-state index is 0.306. The lowest BCUT2D eigenvalue weighted by Crippen LogP contribution is -2.44. The minimum Gasteiger partial charge on any atom is -0.478 e. The zero-order valence-electron chi connectivity index (χ0n) is 11.4. The van der Waals surface area contributed by atoms with E-state index in [0.29, 0.717) is 5.56 Å². The van der Waals surface area contributed by atoms with Gasteiger partial charge in [-0.05, 0) is 31.3 Å². The van der Waals surface area contributed by atoms with Gasteiger partial charge >= 0.3 is 5.97 Å². The van der Waals surface area contributed by atoms with Gasteiger partial charge in [0.05, 0.1) is 11.1 Å². The first-order chi connectivity index (χ1) is 9.65. The molecule has 104 valence electrons. The number of anilines is 1. The number of hydrogen-bond donors (Lipinski definition) is 1. The Morgan fingerprint density at radius 3 is 2.65 bits per heavy atom. The Balaban J connectivity index is 2.05. The molecule has 0 unspecified atom stereocenters. The number of carboxylic acid groups (broad SMARTS) is 1. The number of likely N-dealkylation sites (N-methyl/N-ethyl adjacent to an activating group) is 1. The molecule has 0 aliphatic carbocycles. The lowest BCUT2D eigenvalue weighted by molar-refractivity contribution is 0.0697. The third-order valence-corrected chi connectivity index (χ3v) is 3.81. The summed E-state index contributed by atoms with van der Waals surface area (Å²) >= 11 is 0. The van der Waals surface area contributed by atoms with Crippen LogP contribution in [0, 0.1) is 0 Å². The number of rotatable bonds is 2. The van der Waals surface area contributed by atoms with Gasteiger partial charge in [-0.1, -0.05) is 0 Å². The van der Waals surface area contributed by atoms with Crippen molar-refractivity contribution in [2.75, 3.05) is 38.1 Å². The van der Waals surface area contributed by atoms with Crippen LogP contribution in [0.1, 0.15) is 10.4 Å². The highest BCUT2D eigenvalue weighted by Gasteiger charge is 2.17. The van der Waals surface area contributed by atoms with E-state index in [1.54, 1.807) is 24.4 Å². The van der Waals surface area contributed by atoms with Crippen LogP contribution in [-0.2, 0) is 0 Å². The Labute approximate surface area is 117 Å². The summed E-state index contributed by atoms with van der Waals surface area (Å²) in [5.74, 6) is -0.903. The van der Waals surface area contributed by atoms with Crippen LogP contribution in [0.15, 0.2) is 30.5 Å². The average Bonchev–Trinajstić information content (AvgIpc) is 2.47. The average molecular weight is 271 g/mol. The van der Waals surface area contributed by atoms with Gasteiger partial charge in [-0.25, -0.2) is 4.79 Å². The van der Waals surface area contributed by atoms with Gasteiger partial charge in [0.25, 0.3) is 0 Å². The van der Waals surface area contributed by atoms with E-state index in [0.717, 1.165) is 42.8 Å². The van der Waals surface area contributed by atoms with Crippen LogP contribution in [0.3, 0.4) is 0 Å². The third-order valence-electron chi connectivity index (χ3n) is 3.81. The van der Waals surface area contributed by atoms with Crippen LogP contribution in [0.5, 0.6) is 0 Å². The minimum atomic E-state index is -0.903. The maximum absolute atomic E-state index is 11.1. The first-order valence-electron chi connectivity index (χ1n) is 6.71. The van der Waals surface area contributed by atoms with E-state index in [2.05, 4.69) is 21.8 Å². The standard InChI is InChI=1S/C15H17N3O2/c1-17-6-8-18(9-7-17)14-4-5-16-13-3-2-11(15(19)20)10-12(13)14/h2-5,10H,6-9H2,1H3,(H,19,20). The van der Waals surface area contributed by atoms with Crippen LogP contribution in [-0.4, -0.2) is 54.2 Å². The molecular formula is C15H17N3O2. The van der Waals surface area contributed by atoms with Crippen molar-refractivity contribution in [2.45, 2.75) is 0 Å². The number of piperazine rings is 1. The van der Waals surface area contributed by atoms with E-state index in [-0.39, 0.29) is 0 Å². The summed E-state index contributed by atoms with van der Waals surface area (Å²) in [5, 5.41) is 10.1. The number of carbonyl (C=O) groups is 1. The highest BCUT2D eigenvalue weighted by Crippen LogP contribution is 2.27. The van der Waals surface area contributed by atoms with Crippen molar-refractivity contribution in [1.82, 2.24) is 9.88 Å². The fourth-order valence-electron chi connectivity index (χ4n) is 2.59. The molecule has 1 fully saturated rings. The Kier molecular flexibility index (Phi) is 3.28. The normalized spacial score (nSPS) is 16.6. The molecule has 20 heavy (non-hydrogen) atoms. The van der Waals surface area contributed by atoms with Gasteiger partial charge in [-0.2, -0.15) is 0 Å². The third kappa shape index (κ3) is 2.32. The SMILES string of the molecule is CN1CCN(c2ccnc3ccc(C(=O)O)cc23)CC1. The summed E-state index contributed by atoms with van der Waals surface area (Å²) in [6.45, 7) is 3.94. The molecule has 1 aliphatic heterocycles. The van der Waals surface area contributed by atoms with Crippen LogP contribution >= 0.6 is 0 Å². The van der Waals surface area contributed by atoms with E-state index < -0.39 is 5.97 Å². The van der Waals surface area contributed by atoms with Gasteiger partial charge in [0.15, 0.2) is 0 Å². The maximum Gasteiger partial charge on any atom is 0.335 e. The topological polar surface area (TPSA) is 56.7 Å². The van der Waals surface area contributed by atoms with E-state index in [9.17, 15) is 4.79 Å². The van der Waals surface area contributed by atoms with E-state index in [4.69, 9.17) is 5.11 Å². The van der Waals surface area contributed by atoms with Crippen LogP contribution in [0.2, 0.25) is 0 Å². The largest absolute Gasteiger partial charge is 0.478 e. The van der Waals surface area contributed by atoms with Crippen molar-refractivity contribution < 1.29 is 9.90 Å². The zero-order valence-corrected chi connectivity index (χ0v) is 11.4. The molecule has 1 aliphatic rings. The molecule has 1 saturated heterocycles. The van der Waals surface area contributed by atoms with Crippen molar-refractivity contribution in [2.24, 2.45) is 0 Å². The summed E-state index contributed by atoms with van der Waals surface area (Å²) < 4.78 is 0. The fraction of sp³-hybridized carbons (Fsp3) is 0.333. The zero-order chi connectivity index (χ0) is 14.1. The number of aromatic nitrogens is 1. The summed E-state index contributed by atoms with van der Waals surface area (Å²) in [6, 6.07) is 7.07. The van der Waals surface area contributed by atoms with Gasteiger partial charge in [-0.15, -0.1) is 0 Å². The quantitative estimate of drug-likeness (QED) is 0.900. The lowest BCUT2D eigenvalue weighted by Gasteiger charge is -2.34. The predicted octanol–water partition coefficient (Wildman–Crippen LogP) is 1.68. The second-order valence-electron chi connectivity index (χ2n) is 5.16. The molecule has 5 nitrogen and oxygen atoms in total. The maximum atomic E-state index is 11.1. The molecule has 0 amide bonds. The second kappa shape index (κ2) is 5.09. The number of aromatic carboxylic acids is 1. The van der Waals surface area contributed by atoms with Crippen molar-refractivity contribution >= 4 is 22.6 Å². The number of hydrogen-bond acceptors (Lipinski definition) is 4. The molecule has 0 atom stereocenters. The molecule has 5 heteroatoms. The summed E-state index contributed by atoms with van der Waals surface area (Å²) in [7, 11) is 2.12. The molecule has 3 rings (SSSR count). The molecule has 0 spiro atoms. The van der Waals surface area contributed by atoms with Crippen molar-refractivity contribution in [3.05, 3.63) is 36.0 Å². The van der Waals surface area contributed by atoms with Gasteiger partial charge in [0, 0.05) is 43.4 Å². The van der Waals surface area contributed by atoms with Crippen molar-refractivity contribution in [3.63, 3.8) is 0 Å². The molecule has 2 heterocycles. The molecule has 0 bridgehead atoms. The summed E-state index contributed by atoms with van der Waals surface area (Å²) in [5.41, 5.74) is 2.22. The Morgan fingerprint density at radius 1 is 1.20 bits per heavy atom. The highest BCUT2D eigenvalue weighted by atomic mass is 16.4. The van der Waals surface area contributed by atoms with Gasteiger partial charge < -0.3 is 14.9 Å². The predicted molar refractivity (Wildman–Crippen MR) is 78.4 cm³/mol. The van der Waals surface area contributed by atoms with E-state index >= 15 is 0 Å². The fourth-order valence-corrected chi connectivity index (χ4v) is 2.59. The molecule has 0 radical (unpaired) electrons. The number of benzene rings is 1. The number of fused-ring (bicyclic) bond motifs is 1. The number of carboxylic acids is 1. The molecule has 2 aromatic rings. The molecule has 1 aromatic heterocycles. The first kappa shape index (κ1) is 12.9. The summed E-state index contributed by atoms with van der Waals surface area (Å²) in [6.07, 6.45) is 1.79. The highest BCUT2D eigenvalue weighted by molar-refractivity contribution is 5.98. The van der Waals surface area contributed by atoms with Crippen molar-refractivity contribution in [3.8, 4) is 0 Å². The van der Waals surface area contributed by atoms with Crippen LogP contribution < -0.4 is 4.90 Å². The van der Waals surface area contributed by atoms with Crippen LogP contribution in [0.4, 0.5) is 5.69 Å². The molecule has 0 saturated carbocycles. The Hall–Kier alpha value is -2.14.